The summed E-state index contributed by atoms with van der Waals surface area (Å²) in [5.41, 5.74) is 2.10. The zero-order chi connectivity index (χ0) is 25.1. The number of hydrogen-bond donors (Lipinski definition) is 0. The van der Waals surface area contributed by atoms with Gasteiger partial charge in [-0.3, -0.25) is 4.90 Å². The summed E-state index contributed by atoms with van der Waals surface area (Å²) in [5, 5.41) is 1.78. The molecule has 0 unspecified atom stereocenters. The minimum Gasteiger partial charge on any atom is -0.478 e. The molecule has 0 radical (unpaired) electrons. The Balaban J connectivity index is 1.31. The molecule has 8 nitrogen and oxygen atoms in total. The van der Waals surface area contributed by atoms with Crippen molar-refractivity contribution in [3.05, 3.63) is 97.7 Å². The van der Waals surface area contributed by atoms with E-state index in [0.717, 1.165) is 16.9 Å². The van der Waals surface area contributed by atoms with Crippen LogP contribution in [0.1, 0.15) is 11.1 Å². The Morgan fingerprint density at radius 1 is 0.811 bits per heavy atom. The van der Waals surface area contributed by atoms with E-state index in [9.17, 15) is 9.59 Å². The maximum atomic E-state index is 12.9. The number of ether oxygens (including phenoxy) is 3. The Labute approximate surface area is 214 Å². The van der Waals surface area contributed by atoms with Gasteiger partial charge in [-0.1, -0.05) is 17.7 Å². The van der Waals surface area contributed by atoms with Gasteiger partial charge in [-0.05, 0) is 54.1 Å². The molecule has 0 N–H and O–H groups in total. The van der Waals surface area contributed by atoms with Gasteiger partial charge in [0.2, 0.25) is 6.79 Å². The summed E-state index contributed by atoms with van der Waals surface area (Å²) in [6, 6.07) is 17.4. The second-order valence-electron chi connectivity index (χ2n) is 8.98. The van der Waals surface area contributed by atoms with Crippen LogP contribution >= 0.6 is 11.6 Å². The van der Waals surface area contributed by atoms with Crippen molar-refractivity contribution >= 4 is 33.5 Å². The second-order valence-corrected chi connectivity index (χ2v) is 9.41. The third-order valence-corrected chi connectivity index (χ3v) is 6.82. The fraction of sp³-hybridized carbons (Fsp3) is 0.143. The average Bonchev–Trinajstić information content (AvgIpc) is 3.36. The summed E-state index contributed by atoms with van der Waals surface area (Å²) in [4.78, 5) is 27.7. The topological polar surface area (TPSA) is 91.4 Å². The van der Waals surface area contributed by atoms with Crippen molar-refractivity contribution in [2.45, 2.75) is 13.1 Å². The lowest BCUT2D eigenvalue weighted by atomic mass is 9.99. The van der Waals surface area contributed by atoms with Crippen molar-refractivity contribution in [2.24, 2.45) is 0 Å². The van der Waals surface area contributed by atoms with E-state index in [1.165, 1.54) is 6.07 Å². The number of rotatable bonds is 3. The van der Waals surface area contributed by atoms with Gasteiger partial charge in [-0.25, -0.2) is 9.59 Å². The zero-order valence-corrected chi connectivity index (χ0v) is 20.0. The molecule has 2 aliphatic heterocycles. The van der Waals surface area contributed by atoms with E-state index in [-0.39, 0.29) is 12.4 Å². The highest BCUT2D eigenvalue weighted by molar-refractivity contribution is 6.31. The van der Waals surface area contributed by atoms with Crippen molar-refractivity contribution in [3.63, 3.8) is 0 Å². The highest BCUT2D eigenvalue weighted by Crippen LogP contribution is 2.37. The quantitative estimate of drug-likeness (QED) is 0.299. The van der Waals surface area contributed by atoms with Crippen molar-refractivity contribution in [2.75, 3.05) is 13.5 Å². The predicted octanol–water partition coefficient (Wildman–Crippen LogP) is 5.30. The van der Waals surface area contributed by atoms with Crippen LogP contribution in [0.5, 0.6) is 17.2 Å². The summed E-state index contributed by atoms with van der Waals surface area (Å²) in [7, 11) is 0. The van der Waals surface area contributed by atoms with Gasteiger partial charge in [0.1, 0.15) is 23.6 Å². The Bertz CT molecular complexity index is 1840. The lowest BCUT2D eigenvalue weighted by Crippen LogP contribution is -2.31. The monoisotopic (exact) mass is 515 g/mol. The molecule has 2 aromatic heterocycles. The van der Waals surface area contributed by atoms with Gasteiger partial charge >= 0.3 is 11.3 Å². The molecular weight excluding hydrogens is 498 g/mol. The van der Waals surface area contributed by atoms with Crippen molar-refractivity contribution in [3.8, 4) is 28.4 Å². The van der Waals surface area contributed by atoms with Gasteiger partial charge in [-0.2, -0.15) is 0 Å². The van der Waals surface area contributed by atoms with Crippen LogP contribution in [0.2, 0.25) is 5.02 Å². The van der Waals surface area contributed by atoms with Crippen LogP contribution in [0.3, 0.4) is 0 Å². The number of fused-ring (bicyclic) bond motifs is 5. The second kappa shape index (κ2) is 8.40. The van der Waals surface area contributed by atoms with E-state index in [4.69, 9.17) is 34.6 Å². The fourth-order valence-electron chi connectivity index (χ4n) is 4.88. The maximum Gasteiger partial charge on any atom is 0.344 e. The smallest absolute Gasteiger partial charge is 0.344 e. The van der Waals surface area contributed by atoms with Crippen molar-refractivity contribution in [1.29, 1.82) is 0 Å². The zero-order valence-electron chi connectivity index (χ0n) is 19.3. The van der Waals surface area contributed by atoms with Gasteiger partial charge in [0.15, 0.2) is 11.5 Å². The SMILES string of the molecule is O=c1cc(-c2cc3cc(Cl)ccc3oc2=O)c2ccc3c(c2o1)CN(Cc1ccc2c(c1)OCO2)CO3. The molecule has 5 aromatic rings. The van der Waals surface area contributed by atoms with Crippen LogP contribution in [0.15, 0.2) is 79.1 Å². The van der Waals surface area contributed by atoms with Crippen LogP contribution in [0.25, 0.3) is 33.1 Å². The van der Waals surface area contributed by atoms with Crippen molar-refractivity contribution in [1.82, 2.24) is 4.90 Å². The fourth-order valence-corrected chi connectivity index (χ4v) is 5.06. The third-order valence-electron chi connectivity index (χ3n) is 6.58. The number of benzene rings is 3. The summed E-state index contributed by atoms with van der Waals surface area (Å²) in [5.74, 6) is 2.07. The maximum absolute atomic E-state index is 12.9. The Hall–Kier alpha value is -4.27. The van der Waals surface area contributed by atoms with E-state index in [2.05, 4.69) is 4.90 Å². The number of hydrogen-bond acceptors (Lipinski definition) is 8. The molecule has 0 saturated carbocycles. The number of halogens is 1. The summed E-state index contributed by atoms with van der Waals surface area (Å²) < 4.78 is 28.1. The Morgan fingerprint density at radius 2 is 1.68 bits per heavy atom. The third kappa shape index (κ3) is 3.82. The molecule has 4 heterocycles. The lowest BCUT2D eigenvalue weighted by Gasteiger charge is -2.29. The first-order valence-electron chi connectivity index (χ1n) is 11.6. The molecule has 2 aliphatic rings. The van der Waals surface area contributed by atoms with E-state index in [0.29, 0.717) is 63.8 Å². The molecule has 37 heavy (non-hydrogen) atoms. The lowest BCUT2D eigenvalue weighted by molar-refractivity contribution is 0.0889. The largest absolute Gasteiger partial charge is 0.478 e. The summed E-state index contributed by atoms with van der Waals surface area (Å²) >= 11 is 6.14. The van der Waals surface area contributed by atoms with Crippen LogP contribution in [0.4, 0.5) is 0 Å². The van der Waals surface area contributed by atoms with E-state index in [1.807, 2.05) is 24.3 Å². The molecule has 0 fully saturated rings. The highest BCUT2D eigenvalue weighted by Gasteiger charge is 2.24. The molecule has 0 spiro atoms. The van der Waals surface area contributed by atoms with Crippen LogP contribution in [0, 0.1) is 0 Å². The number of nitrogens with zero attached hydrogens (tertiary/aromatic N) is 1. The standard InChI is InChI=1S/C28H18ClNO7/c29-17-2-5-22-16(8-17)9-20(28(32)36-22)19-10-26(31)37-27-18(19)3-6-23-21(27)12-30(13-33-23)11-15-1-4-24-25(7-15)35-14-34-24/h1-10H,11-14H2. The van der Waals surface area contributed by atoms with E-state index < -0.39 is 11.3 Å². The molecule has 0 bridgehead atoms. The van der Waals surface area contributed by atoms with E-state index >= 15 is 0 Å². The van der Waals surface area contributed by atoms with Gasteiger partial charge in [0, 0.05) is 40.5 Å². The summed E-state index contributed by atoms with van der Waals surface area (Å²) in [6.07, 6.45) is 0. The molecule has 7 rings (SSSR count). The first kappa shape index (κ1) is 22.0. The molecule has 0 atom stereocenters. The minimum atomic E-state index is -0.575. The molecule has 0 amide bonds. The molecular formula is C28H18ClNO7. The average molecular weight is 516 g/mol. The Morgan fingerprint density at radius 3 is 2.59 bits per heavy atom. The molecule has 3 aromatic carbocycles. The van der Waals surface area contributed by atoms with Crippen LogP contribution in [-0.2, 0) is 13.1 Å². The first-order valence-corrected chi connectivity index (χ1v) is 12.0. The molecule has 0 saturated heterocycles. The van der Waals surface area contributed by atoms with E-state index in [1.54, 1.807) is 30.3 Å². The predicted molar refractivity (Wildman–Crippen MR) is 136 cm³/mol. The molecule has 184 valence electrons. The van der Waals surface area contributed by atoms with Crippen molar-refractivity contribution < 1.29 is 23.0 Å². The first-order chi connectivity index (χ1) is 18.0. The normalized spacial score (nSPS) is 14.6. The molecule has 9 heteroatoms. The van der Waals surface area contributed by atoms with Gasteiger partial charge < -0.3 is 23.0 Å². The van der Waals surface area contributed by atoms with Gasteiger partial charge in [-0.15, -0.1) is 0 Å². The molecule has 0 aliphatic carbocycles. The highest BCUT2D eigenvalue weighted by atomic mass is 35.5. The van der Waals surface area contributed by atoms with Gasteiger partial charge in [0.25, 0.3) is 0 Å². The Kier molecular flexibility index (Phi) is 4.99. The van der Waals surface area contributed by atoms with Gasteiger partial charge in [0.05, 0.1) is 11.1 Å². The summed E-state index contributed by atoms with van der Waals surface area (Å²) in [6.45, 7) is 1.65. The minimum absolute atomic E-state index is 0.217. The van der Waals surface area contributed by atoms with Crippen LogP contribution < -0.4 is 25.5 Å². The van der Waals surface area contributed by atoms with Crippen LogP contribution in [-0.4, -0.2) is 18.4 Å².